The Hall–Kier alpha value is -3.99. The summed E-state index contributed by atoms with van der Waals surface area (Å²) < 4.78 is 61.3. The normalized spacial score (nSPS) is 13.8. The van der Waals surface area contributed by atoms with Crippen molar-refractivity contribution in [2.75, 3.05) is 59.1 Å². The summed E-state index contributed by atoms with van der Waals surface area (Å²) in [7, 11) is 4.36. The number of nitrogens with one attached hydrogen (secondary N) is 1. The number of aromatic nitrogens is 1. The van der Waals surface area contributed by atoms with Crippen molar-refractivity contribution in [1.82, 2.24) is 9.88 Å². The Morgan fingerprint density at radius 3 is 2.29 bits per heavy atom. The Labute approximate surface area is 217 Å². The van der Waals surface area contributed by atoms with E-state index >= 15 is 8.78 Å². The van der Waals surface area contributed by atoms with Gasteiger partial charge in [0.2, 0.25) is 11.2 Å². The van der Waals surface area contributed by atoms with Crippen molar-refractivity contribution in [3.05, 3.63) is 63.5 Å². The van der Waals surface area contributed by atoms with Crippen molar-refractivity contribution in [2.45, 2.75) is 6.54 Å². The fourth-order valence-corrected chi connectivity index (χ4v) is 4.56. The lowest BCUT2D eigenvalue weighted by molar-refractivity contribution is 0.104. The summed E-state index contributed by atoms with van der Waals surface area (Å²) in [5.74, 6) is -1.50. The average Bonchev–Trinajstić information content (AvgIpc) is 2.93. The number of allylic oxidation sites excluding steroid dienone is 1. The highest BCUT2D eigenvalue weighted by Crippen LogP contribution is 2.38. The second kappa shape index (κ2) is 11.6. The zero-order valence-electron chi connectivity index (χ0n) is 21.3. The maximum Gasteiger partial charge on any atom is 0.203 e. The SMILES string of the molecule is COc1cc(/C=C/C(=O)c2cn(CCF)c3c(F)c(N4CCNCC4)c(F)cc3c2=O)cc(OC)c1OC. The lowest BCUT2D eigenvalue weighted by Gasteiger charge is -2.30. The molecule has 2 heterocycles. The first-order valence-corrected chi connectivity index (χ1v) is 11.9. The summed E-state index contributed by atoms with van der Waals surface area (Å²) in [5, 5.41) is 2.77. The van der Waals surface area contributed by atoms with Gasteiger partial charge in [-0.25, -0.2) is 13.2 Å². The van der Waals surface area contributed by atoms with Crippen LogP contribution < -0.4 is 29.9 Å². The number of methoxy groups -OCH3 is 3. The number of hydrogen-bond acceptors (Lipinski definition) is 7. The molecule has 0 aliphatic carbocycles. The monoisotopic (exact) mass is 531 g/mol. The second-order valence-electron chi connectivity index (χ2n) is 8.56. The molecule has 11 heteroatoms. The highest BCUT2D eigenvalue weighted by Gasteiger charge is 2.25. The summed E-state index contributed by atoms with van der Waals surface area (Å²) in [4.78, 5) is 27.9. The standard InChI is InChI=1S/C27H28F3N3O5/c1-36-21-12-16(13-22(37-2)27(21)38-3)4-5-20(34)18-15-33(9-6-28)24-17(26(18)35)14-19(29)25(23(24)30)32-10-7-31-8-11-32/h4-5,12-15,31H,6-11H2,1-3H3/b5-4+. The molecule has 0 amide bonds. The minimum atomic E-state index is -0.959. The summed E-state index contributed by atoms with van der Waals surface area (Å²) in [6, 6.07) is 4.14. The van der Waals surface area contributed by atoms with Gasteiger partial charge in [-0.3, -0.25) is 9.59 Å². The van der Waals surface area contributed by atoms with Gasteiger partial charge >= 0.3 is 0 Å². The van der Waals surface area contributed by atoms with Gasteiger partial charge in [0.1, 0.15) is 18.2 Å². The van der Waals surface area contributed by atoms with Gasteiger partial charge in [0.15, 0.2) is 23.1 Å². The summed E-state index contributed by atoms with van der Waals surface area (Å²) in [6.07, 6.45) is 3.70. The third-order valence-corrected chi connectivity index (χ3v) is 6.37. The Bertz CT molecular complexity index is 1420. The van der Waals surface area contributed by atoms with Crippen LogP contribution in [0, 0.1) is 11.6 Å². The molecule has 1 fully saturated rings. The van der Waals surface area contributed by atoms with Gasteiger partial charge in [-0.05, 0) is 29.8 Å². The molecule has 1 aliphatic heterocycles. The third-order valence-electron chi connectivity index (χ3n) is 6.37. The Balaban J connectivity index is 1.79. The zero-order valence-corrected chi connectivity index (χ0v) is 21.3. The van der Waals surface area contributed by atoms with Crippen molar-refractivity contribution < 1.29 is 32.2 Å². The molecule has 1 N–H and O–H groups in total. The average molecular weight is 532 g/mol. The summed E-state index contributed by atoms with van der Waals surface area (Å²) in [6.45, 7) is 0.619. The smallest absolute Gasteiger partial charge is 0.203 e. The van der Waals surface area contributed by atoms with E-state index in [0.717, 1.165) is 22.9 Å². The molecule has 0 spiro atoms. The number of piperazine rings is 1. The number of carbonyl (C=O) groups excluding carboxylic acids is 1. The first kappa shape index (κ1) is 27.1. The molecular formula is C27H28F3N3O5. The molecule has 0 bridgehead atoms. The van der Waals surface area contributed by atoms with E-state index in [1.54, 1.807) is 17.0 Å². The molecule has 1 aromatic heterocycles. The second-order valence-corrected chi connectivity index (χ2v) is 8.56. The number of benzene rings is 2. The molecule has 1 aliphatic rings. The predicted octanol–water partition coefficient (Wildman–Crippen LogP) is 3.58. The van der Waals surface area contributed by atoms with Crippen LogP contribution in [0.15, 0.2) is 35.3 Å². The van der Waals surface area contributed by atoms with E-state index in [1.807, 2.05) is 0 Å². The van der Waals surface area contributed by atoms with E-state index in [-0.39, 0.29) is 28.7 Å². The van der Waals surface area contributed by atoms with Gasteiger partial charge < -0.3 is 29.0 Å². The largest absolute Gasteiger partial charge is 0.493 e. The summed E-state index contributed by atoms with van der Waals surface area (Å²) >= 11 is 0. The number of ether oxygens (including phenoxy) is 3. The third kappa shape index (κ3) is 5.06. The number of alkyl halides is 1. The molecule has 8 nitrogen and oxygen atoms in total. The number of nitrogens with zero attached hydrogens (tertiary/aromatic N) is 2. The molecule has 1 saturated heterocycles. The lowest BCUT2D eigenvalue weighted by atomic mass is 10.0. The van der Waals surface area contributed by atoms with Crippen LogP contribution in [-0.4, -0.2) is 64.5 Å². The predicted molar refractivity (Wildman–Crippen MR) is 139 cm³/mol. The van der Waals surface area contributed by atoms with Crippen LogP contribution in [0.25, 0.3) is 17.0 Å². The van der Waals surface area contributed by atoms with E-state index in [1.165, 1.54) is 27.4 Å². The maximum atomic E-state index is 15.7. The Kier molecular flexibility index (Phi) is 8.26. The number of fused-ring (bicyclic) bond motifs is 1. The number of pyridine rings is 1. The molecule has 0 atom stereocenters. The van der Waals surface area contributed by atoms with Crippen molar-refractivity contribution in [2.24, 2.45) is 0 Å². The topological polar surface area (TPSA) is 82.0 Å². The van der Waals surface area contributed by atoms with Crippen LogP contribution in [0.4, 0.5) is 18.9 Å². The zero-order chi connectivity index (χ0) is 27.4. The fraction of sp³-hybridized carbons (Fsp3) is 0.333. The fourth-order valence-electron chi connectivity index (χ4n) is 4.56. The number of ketones is 1. The Morgan fingerprint density at radius 1 is 1.05 bits per heavy atom. The number of aryl methyl sites for hydroxylation is 1. The molecule has 202 valence electrons. The van der Waals surface area contributed by atoms with Crippen LogP contribution in [0.5, 0.6) is 17.2 Å². The van der Waals surface area contributed by atoms with E-state index in [2.05, 4.69) is 5.32 Å². The van der Waals surface area contributed by atoms with Crippen LogP contribution in [-0.2, 0) is 6.54 Å². The van der Waals surface area contributed by atoms with Crippen molar-refractivity contribution in [1.29, 1.82) is 0 Å². The first-order chi connectivity index (χ1) is 18.3. The van der Waals surface area contributed by atoms with Crippen LogP contribution >= 0.6 is 0 Å². The van der Waals surface area contributed by atoms with Crippen LogP contribution in [0.3, 0.4) is 0 Å². The molecule has 3 aromatic rings. The van der Waals surface area contributed by atoms with E-state index in [4.69, 9.17) is 14.2 Å². The lowest BCUT2D eigenvalue weighted by Crippen LogP contribution is -2.44. The van der Waals surface area contributed by atoms with Crippen LogP contribution in [0.2, 0.25) is 0 Å². The number of hydrogen-bond donors (Lipinski definition) is 1. The molecule has 0 unspecified atom stereocenters. The highest BCUT2D eigenvalue weighted by atomic mass is 19.1. The molecule has 2 aromatic carbocycles. The van der Waals surface area contributed by atoms with Crippen LogP contribution in [0.1, 0.15) is 15.9 Å². The molecule has 4 rings (SSSR count). The number of anilines is 1. The summed E-state index contributed by atoms with van der Waals surface area (Å²) in [5.41, 5.74) is -1.20. The van der Waals surface area contributed by atoms with Gasteiger partial charge in [-0.2, -0.15) is 0 Å². The van der Waals surface area contributed by atoms with Gasteiger partial charge in [-0.1, -0.05) is 6.08 Å². The number of rotatable bonds is 9. The van der Waals surface area contributed by atoms with Crippen molar-refractivity contribution in [3.63, 3.8) is 0 Å². The van der Waals surface area contributed by atoms with E-state index in [0.29, 0.717) is 49.0 Å². The van der Waals surface area contributed by atoms with Crippen molar-refractivity contribution >= 4 is 28.4 Å². The highest BCUT2D eigenvalue weighted by molar-refractivity contribution is 6.08. The quantitative estimate of drug-likeness (QED) is 0.334. The first-order valence-electron chi connectivity index (χ1n) is 11.9. The minimum absolute atomic E-state index is 0.243. The van der Waals surface area contributed by atoms with Gasteiger partial charge in [0.05, 0.1) is 44.3 Å². The van der Waals surface area contributed by atoms with Gasteiger partial charge in [-0.15, -0.1) is 0 Å². The van der Waals surface area contributed by atoms with Gasteiger partial charge in [0, 0.05) is 32.4 Å². The van der Waals surface area contributed by atoms with E-state index in [9.17, 15) is 14.0 Å². The molecule has 0 radical (unpaired) electrons. The van der Waals surface area contributed by atoms with Crippen molar-refractivity contribution in [3.8, 4) is 17.2 Å². The number of carbonyl (C=O) groups is 1. The van der Waals surface area contributed by atoms with E-state index < -0.39 is 29.5 Å². The Morgan fingerprint density at radius 2 is 1.71 bits per heavy atom. The minimum Gasteiger partial charge on any atom is -0.493 e. The maximum absolute atomic E-state index is 15.7. The number of halogens is 3. The molecular weight excluding hydrogens is 503 g/mol. The molecule has 0 saturated carbocycles. The van der Waals surface area contributed by atoms with Gasteiger partial charge in [0.25, 0.3) is 0 Å². The molecule has 38 heavy (non-hydrogen) atoms.